The van der Waals surface area contributed by atoms with Gasteiger partial charge in [-0.2, -0.15) is 0 Å². The van der Waals surface area contributed by atoms with Gasteiger partial charge in [0.1, 0.15) is 5.82 Å². The van der Waals surface area contributed by atoms with Gasteiger partial charge in [0, 0.05) is 23.8 Å². The monoisotopic (exact) mass is 411 g/mol. The molecule has 1 atom stereocenters. The number of amides is 1. The van der Waals surface area contributed by atoms with Crippen LogP contribution >= 0.6 is 0 Å². The number of fused-ring (bicyclic) bond motifs is 1. The van der Waals surface area contributed by atoms with Crippen LogP contribution in [0.25, 0.3) is 16.7 Å². The van der Waals surface area contributed by atoms with E-state index in [4.69, 9.17) is 0 Å². The number of aromatic nitrogens is 2. The molecule has 2 heterocycles. The van der Waals surface area contributed by atoms with Gasteiger partial charge in [0.25, 0.3) is 5.91 Å². The number of aryl methyl sites for hydroxylation is 1. The molecular formula is C22H25N3O3S. The van der Waals surface area contributed by atoms with Gasteiger partial charge in [0.2, 0.25) is 0 Å². The predicted octanol–water partition coefficient (Wildman–Crippen LogP) is 3.37. The Morgan fingerprint density at radius 1 is 1.21 bits per heavy atom. The Labute approximate surface area is 171 Å². The van der Waals surface area contributed by atoms with E-state index in [1.807, 2.05) is 62.4 Å². The standard InChI is InChI=1S/C22H25N3O3S/c1-3-12-24(19-11-13-29(27,28)15-19)22(26)17-9-10-21-20(14-17)23-16(2)25(21)18-7-5-4-6-8-18/h4-10,14,19H,3,11-13,15H2,1-2H3. The summed E-state index contributed by atoms with van der Waals surface area (Å²) in [6, 6.07) is 15.3. The molecule has 0 aliphatic carbocycles. The van der Waals surface area contributed by atoms with Crippen LogP contribution in [0, 0.1) is 6.92 Å². The van der Waals surface area contributed by atoms with E-state index in [1.54, 1.807) is 4.90 Å². The smallest absolute Gasteiger partial charge is 0.254 e. The molecule has 0 bridgehead atoms. The summed E-state index contributed by atoms with van der Waals surface area (Å²) in [6.45, 7) is 4.49. The second-order valence-electron chi connectivity index (χ2n) is 7.59. The number of para-hydroxylation sites is 1. The van der Waals surface area contributed by atoms with Crippen LogP contribution in [0.2, 0.25) is 0 Å². The first kappa shape index (κ1) is 19.6. The summed E-state index contributed by atoms with van der Waals surface area (Å²) in [6.07, 6.45) is 1.30. The Morgan fingerprint density at radius 3 is 2.62 bits per heavy atom. The molecule has 1 fully saturated rings. The number of carbonyl (C=O) groups excluding carboxylic acids is 1. The molecule has 6 nitrogen and oxygen atoms in total. The van der Waals surface area contributed by atoms with Crippen molar-refractivity contribution in [2.24, 2.45) is 0 Å². The maximum atomic E-state index is 13.2. The largest absolute Gasteiger partial charge is 0.335 e. The summed E-state index contributed by atoms with van der Waals surface area (Å²) in [5.41, 5.74) is 3.27. The number of hydrogen-bond donors (Lipinski definition) is 0. The maximum Gasteiger partial charge on any atom is 0.254 e. The van der Waals surface area contributed by atoms with Crippen LogP contribution in [-0.4, -0.2) is 52.9 Å². The first-order valence-corrected chi connectivity index (χ1v) is 11.8. The molecule has 1 aliphatic heterocycles. The molecule has 0 saturated carbocycles. The van der Waals surface area contributed by atoms with Gasteiger partial charge in [-0.05, 0) is 50.1 Å². The number of carbonyl (C=O) groups is 1. The molecule has 152 valence electrons. The highest BCUT2D eigenvalue weighted by molar-refractivity contribution is 7.91. The highest BCUT2D eigenvalue weighted by Crippen LogP contribution is 2.25. The molecule has 0 spiro atoms. The van der Waals surface area contributed by atoms with Gasteiger partial charge >= 0.3 is 0 Å². The maximum absolute atomic E-state index is 13.2. The van der Waals surface area contributed by atoms with Crippen LogP contribution in [0.4, 0.5) is 0 Å². The second kappa shape index (κ2) is 7.63. The van der Waals surface area contributed by atoms with Crippen molar-refractivity contribution < 1.29 is 13.2 Å². The molecule has 1 aromatic heterocycles. The van der Waals surface area contributed by atoms with Gasteiger partial charge in [-0.15, -0.1) is 0 Å². The van der Waals surface area contributed by atoms with Crippen LogP contribution in [0.15, 0.2) is 48.5 Å². The minimum atomic E-state index is -3.05. The Balaban J connectivity index is 1.69. The Hall–Kier alpha value is -2.67. The van der Waals surface area contributed by atoms with E-state index in [-0.39, 0.29) is 23.5 Å². The van der Waals surface area contributed by atoms with E-state index in [0.29, 0.717) is 18.5 Å². The van der Waals surface area contributed by atoms with Crippen molar-refractivity contribution in [2.75, 3.05) is 18.1 Å². The Morgan fingerprint density at radius 2 is 1.97 bits per heavy atom. The van der Waals surface area contributed by atoms with E-state index >= 15 is 0 Å². The van der Waals surface area contributed by atoms with Crippen molar-refractivity contribution >= 4 is 26.8 Å². The lowest BCUT2D eigenvalue weighted by Crippen LogP contribution is -2.41. The van der Waals surface area contributed by atoms with Crippen molar-refractivity contribution in [3.05, 3.63) is 59.9 Å². The summed E-state index contributed by atoms with van der Waals surface area (Å²) in [5, 5.41) is 0. The third-order valence-electron chi connectivity index (χ3n) is 5.46. The first-order chi connectivity index (χ1) is 13.9. The lowest BCUT2D eigenvalue weighted by atomic mass is 10.1. The van der Waals surface area contributed by atoms with Gasteiger partial charge in [-0.3, -0.25) is 9.36 Å². The molecule has 7 heteroatoms. The average molecular weight is 412 g/mol. The molecule has 1 amide bonds. The third-order valence-corrected chi connectivity index (χ3v) is 7.21. The molecule has 0 radical (unpaired) electrons. The van der Waals surface area contributed by atoms with Crippen LogP contribution in [0.3, 0.4) is 0 Å². The number of sulfone groups is 1. The first-order valence-electron chi connectivity index (χ1n) is 9.95. The summed E-state index contributed by atoms with van der Waals surface area (Å²) in [4.78, 5) is 19.6. The van der Waals surface area contributed by atoms with Gasteiger partial charge in [-0.1, -0.05) is 25.1 Å². The molecule has 29 heavy (non-hydrogen) atoms. The number of benzene rings is 2. The fourth-order valence-electron chi connectivity index (χ4n) is 4.11. The summed E-state index contributed by atoms with van der Waals surface area (Å²) in [5.74, 6) is 0.944. The van der Waals surface area contributed by atoms with E-state index in [2.05, 4.69) is 9.55 Å². The summed E-state index contributed by atoms with van der Waals surface area (Å²) in [7, 11) is -3.05. The molecule has 0 N–H and O–H groups in total. The van der Waals surface area contributed by atoms with Crippen LogP contribution in [0.1, 0.15) is 35.9 Å². The molecule has 3 aromatic rings. The lowest BCUT2D eigenvalue weighted by Gasteiger charge is -2.28. The molecule has 2 aromatic carbocycles. The average Bonchev–Trinajstić information content (AvgIpc) is 3.23. The van der Waals surface area contributed by atoms with E-state index in [0.717, 1.165) is 29.0 Å². The zero-order valence-electron chi connectivity index (χ0n) is 16.7. The lowest BCUT2D eigenvalue weighted by molar-refractivity contribution is 0.0697. The zero-order chi connectivity index (χ0) is 20.6. The van der Waals surface area contributed by atoms with Gasteiger partial charge in [0.05, 0.1) is 22.5 Å². The second-order valence-corrected chi connectivity index (χ2v) is 9.82. The van der Waals surface area contributed by atoms with Gasteiger partial charge in [0.15, 0.2) is 9.84 Å². The van der Waals surface area contributed by atoms with Gasteiger partial charge < -0.3 is 4.90 Å². The fourth-order valence-corrected chi connectivity index (χ4v) is 5.85. The van der Waals surface area contributed by atoms with Crippen molar-refractivity contribution in [3.8, 4) is 5.69 Å². The Kier molecular flexibility index (Phi) is 5.17. The van der Waals surface area contributed by atoms with Crippen molar-refractivity contribution in [1.82, 2.24) is 14.5 Å². The zero-order valence-corrected chi connectivity index (χ0v) is 17.5. The van der Waals surface area contributed by atoms with E-state index in [9.17, 15) is 13.2 Å². The number of rotatable bonds is 5. The van der Waals surface area contributed by atoms with Gasteiger partial charge in [-0.25, -0.2) is 13.4 Å². The quantitative estimate of drug-likeness (QED) is 0.645. The predicted molar refractivity (Wildman–Crippen MR) is 114 cm³/mol. The summed E-state index contributed by atoms with van der Waals surface area (Å²) >= 11 is 0. The van der Waals surface area contributed by atoms with Crippen LogP contribution in [-0.2, 0) is 9.84 Å². The van der Waals surface area contributed by atoms with E-state index in [1.165, 1.54) is 0 Å². The minimum Gasteiger partial charge on any atom is -0.335 e. The van der Waals surface area contributed by atoms with Crippen molar-refractivity contribution in [1.29, 1.82) is 0 Å². The number of imidazole rings is 1. The normalized spacial score (nSPS) is 18.2. The number of nitrogens with zero attached hydrogens (tertiary/aromatic N) is 3. The third kappa shape index (κ3) is 3.79. The minimum absolute atomic E-state index is 0.0583. The van der Waals surface area contributed by atoms with Crippen LogP contribution < -0.4 is 0 Å². The summed E-state index contributed by atoms with van der Waals surface area (Å²) < 4.78 is 25.9. The molecule has 1 unspecified atom stereocenters. The topological polar surface area (TPSA) is 72.3 Å². The van der Waals surface area contributed by atoms with E-state index < -0.39 is 9.84 Å². The Bertz CT molecular complexity index is 1150. The van der Waals surface area contributed by atoms with Crippen molar-refractivity contribution in [2.45, 2.75) is 32.7 Å². The highest BCUT2D eigenvalue weighted by atomic mass is 32.2. The fraction of sp³-hybridized carbons (Fsp3) is 0.364. The molecular weight excluding hydrogens is 386 g/mol. The van der Waals surface area contributed by atoms with Crippen molar-refractivity contribution in [3.63, 3.8) is 0 Å². The number of hydrogen-bond acceptors (Lipinski definition) is 4. The van der Waals surface area contributed by atoms with Crippen LogP contribution in [0.5, 0.6) is 0 Å². The molecule has 1 aliphatic rings. The molecule has 1 saturated heterocycles. The highest BCUT2D eigenvalue weighted by Gasteiger charge is 2.34. The SMILES string of the molecule is CCCN(C(=O)c1ccc2c(c1)nc(C)n2-c1ccccc1)C1CCS(=O)(=O)C1. The molecule has 4 rings (SSSR count).